The van der Waals surface area contributed by atoms with Crippen molar-refractivity contribution in [3.63, 3.8) is 0 Å². The molecule has 0 aromatic carbocycles. The molecular formula is C15H29NO2. The Morgan fingerprint density at radius 2 is 1.56 bits per heavy atom. The van der Waals surface area contributed by atoms with Gasteiger partial charge in [0.25, 0.3) is 0 Å². The number of nitrogens with one attached hydrogen (secondary N) is 1. The largest absolute Gasteiger partial charge is 0.356 e. The summed E-state index contributed by atoms with van der Waals surface area (Å²) < 4.78 is 0. The number of amides is 1. The van der Waals surface area contributed by atoms with Crippen molar-refractivity contribution in [2.24, 2.45) is 5.41 Å². The molecule has 1 N–H and O–H groups in total. The number of hydrogen-bond donors (Lipinski definition) is 1. The van der Waals surface area contributed by atoms with Crippen LogP contribution >= 0.6 is 0 Å². The highest BCUT2D eigenvalue weighted by Crippen LogP contribution is 2.12. The van der Waals surface area contributed by atoms with Gasteiger partial charge in [0, 0.05) is 24.8 Å². The molecule has 0 radical (unpaired) electrons. The number of hydrogen-bond acceptors (Lipinski definition) is 2. The van der Waals surface area contributed by atoms with Crippen molar-refractivity contribution in [2.75, 3.05) is 6.54 Å². The Bertz CT molecular complexity index is 254. The average Bonchev–Trinajstić information content (AvgIpc) is 2.29. The maximum atomic E-state index is 11.6. The van der Waals surface area contributed by atoms with Crippen LogP contribution in [0.25, 0.3) is 0 Å². The lowest BCUT2D eigenvalue weighted by molar-refractivity contribution is -0.128. The van der Waals surface area contributed by atoms with Gasteiger partial charge in [-0.05, 0) is 19.3 Å². The van der Waals surface area contributed by atoms with Crippen LogP contribution in [0.15, 0.2) is 0 Å². The third-order valence-electron chi connectivity index (χ3n) is 2.91. The minimum Gasteiger partial charge on any atom is -0.356 e. The fourth-order valence-corrected chi connectivity index (χ4v) is 1.59. The fourth-order valence-electron chi connectivity index (χ4n) is 1.59. The monoisotopic (exact) mass is 255 g/mol. The summed E-state index contributed by atoms with van der Waals surface area (Å²) in [5.41, 5.74) is -0.309. The molecule has 0 rings (SSSR count). The van der Waals surface area contributed by atoms with Crippen LogP contribution in [-0.2, 0) is 9.59 Å². The maximum Gasteiger partial charge on any atom is 0.225 e. The number of Topliss-reactive ketones (excluding diaryl/α,β-unsaturated/α-hetero) is 1. The lowest BCUT2D eigenvalue weighted by Gasteiger charge is -2.17. The van der Waals surface area contributed by atoms with Crippen LogP contribution in [0.1, 0.15) is 72.6 Å². The summed E-state index contributed by atoms with van der Waals surface area (Å²) in [5, 5.41) is 2.92. The second kappa shape index (κ2) is 9.12. The van der Waals surface area contributed by atoms with Crippen molar-refractivity contribution in [3.8, 4) is 0 Å². The molecule has 0 spiro atoms. The minimum absolute atomic E-state index is 0.0986. The van der Waals surface area contributed by atoms with E-state index in [1.807, 2.05) is 20.8 Å². The molecule has 0 fully saturated rings. The van der Waals surface area contributed by atoms with Gasteiger partial charge in [-0.1, -0.05) is 40.5 Å². The zero-order valence-corrected chi connectivity index (χ0v) is 12.5. The van der Waals surface area contributed by atoms with Gasteiger partial charge >= 0.3 is 0 Å². The van der Waals surface area contributed by atoms with Gasteiger partial charge in [-0.2, -0.15) is 0 Å². The highest BCUT2D eigenvalue weighted by molar-refractivity contribution is 5.81. The van der Waals surface area contributed by atoms with Crippen LogP contribution in [-0.4, -0.2) is 18.2 Å². The third kappa shape index (κ3) is 9.20. The Morgan fingerprint density at radius 1 is 0.944 bits per heavy atom. The van der Waals surface area contributed by atoms with Gasteiger partial charge in [0.15, 0.2) is 0 Å². The minimum atomic E-state index is -0.309. The maximum absolute atomic E-state index is 11.6. The van der Waals surface area contributed by atoms with E-state index < -0.39 is 0 Å². The average molecular weight is 255 g/mol. The molecule has 0 aliphatic carbocycles. The van der Waals surface area contributed by atoms with E-state index in [1.165, 1.54) is 0 Å². The Kier molecular flexibility index (Phi) is 8.69. The summed E-state index contributed by atoms with van der Waals surface area (Å²) >= 11 is 0. The summed E-state index contributed by atoms with van der Waals surface area (Å²) in [4.78, 5) is 23.0. The predicted molar refractivity (Wildman–Crippen MR) is 75.5 cm³/mol. The standard InChI is InChI=1S/C15H29NO2/c1-5-6-10-13(17)11-8-7-9-12-16-14(18)15(2,3)4/h5-12H2,1-4H3,(H,16,18). The summed E-state index contributed by atoms with van der Waals surface area (Å²) in [5.74, 6) is 0.483. The summed E-state index contributed by atoms with van der Waals surface area (Å²) in [6.45, 7) is 8.56. The first-order chi connectivity index (χ1) is 8.38. The number of unbranched alkanes of at least 4 members (excludes halogenated alkanes) is 3. The molecule has 1 amide bonds. The number of carbonyl (C=O) groups is 2. The number of carbonyl (C=O) groups excluding carboxylic acids is 2. The van der Waals surface area contributed by atoms with Gasteiger partial charge in [0.2, 0.25) is 5.91 Å². The Hall–Kier alpha value is -0.860. The van der Waals surface area contributed by atoms with E-state index >= 15 is 0 Å². The molecule has 0 aromatic heterocycles. The summed E-state index contributed by atoms with van der Waals surface area (Å²) in [6, 6.07) is 0. The van der Waals surface area contributed by atoms with E-state index in [2.05, 4.69) is 12.2 Å². The lowest BCUT2D eigenvalue weighted by Crippen LogP contribution is -2.35. The topological polar surface area (TPSA) is 46.2 Å². The molecule has 3 nitrogen and oxygen atoms in total. The van der Waals surface area contributed by atoms with Crippen LogP contribution in [0.5, 0.6) is 0 Å². The molecule has 0 bridgehead atoms. The van der Waals surface area contributed by atoms with Crippen molar-refractivity contribution >= 4 is 11.7 Å². The highest BCUT2D eigenvalue weighted by Gasteiger charge is 2.19. The predicted octanol–water partition coefficient (Wildman–Crippen LogP) is 3.47. The first kappa shape index (κ1) is 17.1. The Labute approximate surface area is 112 Å². The zero-order chi connectivity index (χ0) is 14.0. The van der Waals surface area contributed by atoms with E-state index in [1.54, 1.807) is 0 Å². The molecular weight excluding hydrogens is 226 g/mol. The van der Waals surface area contributed by atoms with E-state index in [4.69, 9.17) is 0 Å². The number of ketones is 1. The quantitative estimate of drug-likeness (QED) is 0.641. The third-order valence-corrected chi connectivity index (χ3v) is 2.91. The number of rotatable bonds is 9. The van der Waals surface area contributed by atoms with E-state index in [0.29, 0.717) is 12.2 Å². The molecule has 0 saturated carbocycles. The molecule has 18 heavy (non-hydrogen) atoms. The molecule has 0 aliphatic rings. The van der Waals surface area contributed by atoms with Gasteiger partial charge in [-0.15, -0.1) is 0 Å². The molecule has 0 aliphatic heterocycles. The lowest BCUT2D eigenvalue weighted by atomic mass is 9.95. The van der Waals surface area contributed by atoms with E-state index in [-0.39, 0.29) is 11.3 Å². The molecule has 106 valence electrons. The second-order valence-electron chi connectivity index (χ2n) is 5.96. The highest BCUT2D eigenvalue weighted by atomic mass is 16.2. The van der Waals surface area contributed by atoms with Crippen molar-refractivity contribution in [2.45, 2.75) is 72.6 Å². The van der Waals surface area contributed by atoms with Crippen molar-refractivity contribution in [1.82, 2.24) is 5.32 Å². The van der Waals surface area contributed by atoms with Crippen molar-refractivity contribution in [3.05, 3.63) is 0 Å². The molecule has 3 heteroatoms. The molecule has 0 saturated heterocycles. The molecule has 0 unspecified atom stereocenters. The van der Waals surface area contributed by atoms with Crippen molar-refractivity contribution in [1.29, 1.82) is 0 Å². The second-order valence-corrected chi connectivity index (χ2v) is 5.96. The van der Waals surface area contributed by atoms with Gasteiger partial charge in [-0.3, -0.25) is 9.59 Å². The van der Waals surface area contributed by atoms with Crippen LogP contribution < -0.4 is 5.32 Å². The normalized spacial score (nSPS) is 11.3. The fraction of sp³-hybridized carbons (Fsp3) is 0.867. The van der Waals surface area contributed by atoms with Crippen molar-refractivity contribution < 1.29 is 9.59 Å². The Balaban J connectivity index is 3.41. The van der Waals surface area contributed by atoms with Crippen LogP contribution in [0.4, 0.5) is 0 Å². The molecule has 0 heterocycles. The van der Waals surface area contributed by atoms with Crippen LogP contribution in [0.3, 0.4) is 0 Å². The van der Waals surface area contributed by atoms with Crippen LogP contribution in [0.2, 0.25) is 0 Å². The SMILES string of the molecule is CCCCC(=O)CCCCCNC(=O)C(C)(C)C. The zero-order valence-electron chi connectivity index (χ0n) is 12.5. The van der Waals surface area contributed by atoms with E-state index in [9.17, 15) is 9.59 Å². The first-order valence-corrected chi connectivity index (χ1v) is 7.18. The van der Waals surface area contributed by atoms with Crippen LogP contribution in [0, 0.1) is 5.41 Å². The van der Waals surface area contributed by atoms with Gasteiger partial charge in [-0.25, -0.2) is 0 Å². The first-order valence-electron chi connectivity index (χ1n) is 7.18. The van der Waals surface area contributed by atoms with E-state index in [0.717, 1.165) is 45.1 Å². The Morgan fingerprint density at radius 3 is 2.11 bits per heavy atom. The van der Waals surface area contributed by atoms with Gasteiger partial charge in [0.1, 0.15) is 5.78 Å². The summed E-state index contributed by atoms with van der Waals surface area (Å²) in [6.07, 6.45) is 6.47. The summed E-state index contributed by atoms with van der Waals surface area (Å²) in [7, 11) is 0. The smallest absolute Gasteiger partial charge is 0.225 e. The molecule has 0 atom stereocenters. The molecule has 0 aromatic rings. The van der Waals surface area contributed by atoms with Gasteiger partial charge < -0.3 is 5.32 Å². The van der Waals surface area contributed by atoms with Gasteiger partial charge in [0.05, 0.1) is 0 Å².